The highest BCUT2D eigenvalue weighted by molar-refractivity contribution is 6.13. The third-order valence-electron chi connectivity index (χ3n) is 21.4. The highest BCUT2D eigenvalue weighted by atomic mass is 16.6. The van der Waals surface area contributed by atoms with Gasteiger partial charge in [0.2, 0.25) is 0 Å². The molecular formula is C106H102N8O18. The second-order valence-electron chi connectivity index (χ2n) is 30.8. The molecule has 0 aliphatic carbocycles. The van der Waals surface area contributed by atoms with E-state index in [4.69, 9.17) is 78.2 Å². The maximum absolute atomic E-state index is 13.5. The van der Waals surface area contributed by atoms with Crippen LogP contribution in [0.1, 0.15) is 104 Å². The fraction of sp³-hybridized carbons (Fsp3) is 0.208. The van der Waals surface area contributed by atoms with E-state index in [2.05, 4.69) is 9.80 Å². The Morgan fingerprint density at radius 2 is 0.583 bits per heavy atom. The molecule has 0 atom stereocenters. The van der Waals surface area contributed by atoms with Crippen LogP contribution in [0.4, 0.5) is 45.5 Å². The molecule has 14 rings (SSSR count). The number of fused-ring (bicyclic) bond motifs is 1. The van der Waals surface area contributed by atoms with Crippen LogP contribution in [-0.4, -0.2) is 137 Å². The summed E-state index contributed by atoms with van der Waals surface area (Å²) in [5, 5.41) is 11.3. The van der Waals surface area contributed by atoms with Gasteiger partial charge in [-0.25, -0.2) is 28.8 Å². The van der Waals surface area contributed by atoms with E-state index < -0.39 is 46.6 Å². The standard InChI is InChI=1S/C106H102N8O18/c1-7-121-99(115)75-52-58-87(59-53-75)127-67-105(68-128-88-43-25-30-76(60-88)100(116)122-8-2,69-129-89-44-26-31-77(61-89)101(117)123-9-3)65-108-109-96-94(74-50-56-86(57-51-74)114(83-39-21-15-22-40-83)84-41-23-16-24-42-84)98-97(93(95(96)107)73-48-54-85(55-49-73)113(81-35-17-13-18-36-81)82-37-19-14-20-38-82)110-112(111-98)66-106(70-130-90-45-27-32-78(62-90)102(118)124-10-4,71-131-91-46-28-33-79(63-91)103(119)125-11-5)72-132-92-47-29-34-80(64-92)104(120)126-12-6/h13-64H,7-12,65-72,108H2,1-6H3,(H2-,107,109,110,111). The predicted molar refractivity (Wildman–Crippen MR) is 504 cm³/mol. The van der Waals surface area contributed by atoms with Crippen LogP contribution in [0.5, 0.6) is 34.5 Å². The van der Waals surface area contributed by atoms with E-state index in [0.29, 0.717) is 56.1 Å². The van der Waals surface area contributed by atoms with Gasteiger partial charge in [-0.1, -0.05) is 133 Å². The number of carbonyl (C=O) groups excluding carboxylic acids is 6. The third kappa shape index (κ3) is 23.3. The summed E-state index contributed by atoms with van der Waals surface area (Å²) in [4.78, 5) is 86.2. The summed E-state index contributed by atoms with van der Waals surface area (Å²) in [6, 6.07) is 95.6. The lowest BCUT2D eigenvalue weighted by Gasteiger charge is -2.35. The Balaban J connectivity index is 0.988. The first-order chi connectivity index (χ1) is 64.5. The molecule has 0 spiro atoms. The van der Waals surface area contributed by atoms with Gasteiger partial charge in [0.15, 0.2) is 0 Å². The first-order valence-electron chi connectivity index (χ1n) is 43.6. The van der Waals surface area contributed by atoms with Gasteiger partial charge in [-0.05, 0) is 241 Å². The maximum atomic E-state index is 13.5. The molecule has 14 aromatic rings. The Morgan fingerprint density at radius 1 is 0.311 bits per heavy atom. The highest BCUT2D eigenvalue weighted by Gasteiger charge is 2.39. The van der Waals surface area contributed by atoms with Crippen LogP contribution in [0.3, 0.4) is 0 Å². The molecular weight excluding hydrogens is 1670 g/mol. The lowest BCUT2D eigenvalue weighted by Crippen LogP contribution is -2.83. The number of benzene rings is 13. The molecule has 0 amide bonds. The monoisotopic (exact) mass is 1770 g/mol. The highest BCUT2D eigenvalue weighted by Crippen LogP contribution is 2.50. The number of nitrogens with two attached hydrogens (primary N) is 2. The summed E-state index contributed by atoms with van der Waals surface area (Å²) < 4.78 is 74.0. The molecule has 0 saturated heterocycles. The van der Waals surface area contributed by atoms with E-state index in [1.165, 1.54) is 0 Å². The summed E-state index contributed by atoms with van der Waals surface area (Å²) in [5.41, 5.74) is 22.5. The largest absolute Gasteiger partial charge is 0.493 e. The number of quaternary nitrogens is 1. The maximum Gasteiger partial charge on any atom is 0.338 e. The molecule has 0 aliphatic heterocycles. The first-order valence-corrected chi connectivity index (χ1v) is 43.6. The Hall–Kier alpha value is -16.0. The zero-order valence-corrected chi connectivity index (χ0v) is 74.1. The van der Waals surface area contributed by atoms with E-state index >= 15 is 0 Å². The van der Waals surface area contributed by atoms with Gasteiger partial charge in [0.05, 0.1) is 91.5 Å². The molecule has 26 nitrogen and oxygen atoms in total. The summed E-state index contributed by atoms with van der Waals surface area (Å²) in [6.07, 6.45) is 0. The number of nitrogens with zero attached hydrogens (tertiary/aromatic N) is 6. The number of carbonyl (C=O) groups is 6. The van der Waals surface area contributed by atoms with E-state index in [1.54, 1.807) is 197 Å². The van der Waals surface area contributed by atoms with Crippen molar-refractivity contribution in [2.75, 3.05) is 101 Å². The average Bonchev–Trinajstić information content (AvgIpc) is 1.54. The molecule has 0 saturated carbocycles. The topological polar surface area (TPSA) is 307 Å². The number of hydrogen-bond donors (Lipinski definition) is 2. The minimum atomic E-state index is -1.43. The summed E-state index contributed by atoms with van der Waals surface area (Å²) in [7, 11) is 0. The van der Waals surface area contributed by atoms with Crippen LogP contribution >= 0.6 is 0 Å². The van der Waals surface area contributed by atoms with Crippen LogP contribution in [0, 0.1) is 10.8 Å². The average molecular weight is 1780 g/mol. The summed E-state index contributed by atoms with van der Waals surface area (Å²) in [5.74, 6) is -1.50. The molecule has 26 heteroatoms. The van der Waals surface area contributed by atoms with Crippen molar-refractivity contribution in [3.63, 3.8) is 0 Å². The first kappa shape index (κ1) is 92.2. The number of nitrogen functional groups attached to an aromatic ring is 1. The van der Waals surface area contributed by atoms with Crippen molar-refractivity contribution in [1.29, 1.82) is 0 Å². The van der Waals surface area contributed by atoms with Gasteiger partial charge < -0.3 is 83.2 Å². The fourth-order valence-electron chi connectivity index (χ4n) is 14.9. The lowest BCUT2D eigenvalue weighted by atomic mass is 9.90. The zero-order valence-electron chi connectivity index (χ0n) is 74.1. The molecule has 13 aromatic carbocycles. The second-order valence-corrected chi connectivity index (χ2v) is 30.8. The SMILES string of the molecule is CCOC(=O)c1ccc(OCC(C[NH2+][N-]c2c(N)c(-c3ccc(N(c4ccccc4)c4ccccc4)cc3)c3nn(CC(COc4cccc(C(=O)OCC)c4)(COc4cccc(C(=O)OCC)c4)COc4cccc(C(=O)OCC)c4)nc3c2-c2ccc(N(c3ccccc3)c3ccccc3)cc2)(COc2cccc(C(=O)OCC)c2)COc2cccc(C(=O)OCC)c2)cc1. The summed E-state index contributed by atoms with van der Waals surface area (Å²) in [6.45, 7) is 9.70. The van der Waals surface area contributed by atoms with Crippen molar-refractivity contribution >= 4 is 92.3 Å². The van der Waals surface area contributed by atoms with Crippen LogP contribution in [0.2, 0.25) is 0 Å². The van der Waals surface area contributed by atoms with Gasteiger partial charge >= 0.3 is 35.8 Å². The third-order valence-corrected chi connectivity index (χ3v) is 21.4. The van der Waals surface area contributed by atoms with Crippen LogP contribution in [-0.2, 0) is 35.0 Å². The molecule has 674 valence electrons. The molecule has 0 fully saturated rings. The number of aromatic nitrogens is 3. The van der Waals surface area contributed by atoms with Gasteiger partial charge in [-0.15, -0.1) is 0 Å². The molecule has 0 aliphatic rings. The second kappa shape index (κ2) is 44.7. The van der Waals surface area contributed by atoms with Gasteiger partial charge in [0.25, 0.3) is 0 Å². The van der Waals surface area contributed by atoms with Crippen molar-refractivity contribution in [1.82, 2.24) is 15.0 Å². The van der Waals surface area contributed by atoms with Crippen molar-refractivity contribution in [2.24, 2.45) is 10.8 Å². The van der Waals surface area contributed by atoms with Crippen molar-refractivity contribution in [3.8, 4) is 56.8 Å². The smallest absolute Gasteiger partial charge is 0.338 e. The Morgan fingerprint density at radius 3 is 0.894 bits per heavy atom. The zero-order chi connectivity index (χ0) is 92.2. The van der Waals surface area contributed by atoms with E-state index in [0.717, 1.165) is 34.1 Å². The molecule has 132 heavy (non-hydrogen) atoms. The van der Waals surface area contributed by atoms with Crippen LogP contribution in [0.15, 0.2) is 315 Å². The lowest BCUT2D eigenvalue weighted by molar-refractivity contribution is -0.617. The van der Waals surface area contributed by atoms with Crippen LogP contribution < -0.4 is 49.4 Å². The molecule has 1 heterocycles. The Kier molecular flexibility index (Phi) is 31.2. The van der Waals surface area contributed by atoms with Crippen LogP contribution in [0.25, 0.3) is 38.7 Å². The number of esters is 6. The van der Waals surface area contributed by atoms with Crippen molar-refractivity contribution in [2.45, 2.75) is 48.1 Å². The molecule has 0 radical (unpaired) electrons. The Labute approximate surface area is 765 Å². The molecule has 4 N–H and O–H groups in total. The van der Waals surface area contributed by atoms with Crippen molar-refractivity contribution < 1.29 is 91.0 Å². The number of para-hydroxylation sites is 4. The number of hydrogen-bond acceptors (Lipinski definition) is 23. The predicted octanol–water partition coefficient (Wildman–Crippen LogP) is 20.3. The normalized spacial score (nSPS) is 11.2. The summed E-state index contributed by atoms with van der Waals surface area (Å²) >= 11 is 0. The minimum absolute atomic E-state index is 0.0237. The number of ether oxygens (including phenoxy) is 12. The molecule has 0 unspecified atom stereocenters. The number of anilines is 7. The van der Waals surface area contributed by atoms with Crippen molar-refractivity contribution in [3.05, 3.63) is 354 Å². The fourth-order valence-corrected chi connectivity index (χ4v) is 14.9. The van der Waals surface area contributed by atoms with E-state index in [9.17, 15) is 28.8 Å². The quantitative estimate of drug-likeness (QED) is 0.0118. The van der Waals surface area contributed by atoms with Gasteiger partial charge in [0, 0.05) is 50.9 Å². The Bertz CT molecular complexity index is 5950. The minimum Gasteiger partial charge on any atom is -0.493 e. The van der Waals surface area contributed by atoms with Gasteiger partial charge in [-0.2, -0.15) is 15.0 Å². The van der Waals surface area contributed by atoms with E-state index in [1.807, 2.05) is 170 Å². The van der Waals surface area contributed by atoms with Gasteiger partial charge in [-0.3, -0.25) is 0 Å². The molecule has 1 aromatic heterocycles. The number of rotatable bonds is 44. The van der Waals surface area contributed by atoms with E-state index in [-0.39, 0.29) is 149 Å². The molecule has 0 bridgehead atoms. The van der Waals surface area contributed by atoms with Gasteiger partial charge in [0.1, 0.15) is 90.6 Å².